The normalized spacial score (nSPS) is 16.9. The van der Waals surface area contributed by atoms with E-state index in [2.05, 4.69) is 41.6 Å². The molecule has 74 valence electrons. The van der Waals surface area contributed by atoms with Gasteiger partial charge >= 0.3 is 7.12 Å². The van der Waals surface area contributed by atoms with Crippen molar-refractivity contribution in [3.05, 3.63) is 29.3 Å². The molecule has 0 saturated heterocycles. The molecule has 0 spiro atoms. The molecule has 0 bridgehead atoms. The lowest BCUT2D eigenvalue weighted by atomic mass is 9.79. The van der Waals surface area contributed by atoms with E-state index in [4.69, 9.17) is 4.65 Å². The van der Waals surface area contributed by atoms with Gasteiger partial charge in [0.15, 0.2) is 0 Å². The van der Waals surface area contributed by atoms with Crippen LogP contribution in [-0.2, 0) is 17.7 Å². The second-order valence-electron chi connectivity index (χ2n) is 3.68. The number of benzene rings is 1. The molecular weight excluding hydrogens is 290 g/mol. The highest BCUT2D eigenvalue weighted by molar-refractivity contribution is 14.1. The Hall–Kier alpha value is -0.0651. The lowest BCUT2D eigenvalue weighted by Gasteiger charge is -2.05. The fraction of sp³-hybridized carbons (Fsp3) is 0.400. The Balaban J connectivity index is 2.24. The molecule has 1 aliphatic rings. The highest BCUT2D eigenvalue weighted by atomic mass is 127. The highest BCUT2D eigenvalue weighted by Crippen LogP contribution is 2.15. The molecule has 14 heavy (non-hydrogen) atoms. The molecule has 2 nitrogen and oxygen atoms in total. The molecule has 1 N–H and O–H groups in total. The zero-order valence-corrected chi connectivity index (χ0v) is 10.2. The Morgan fingerprint density at radius 2 is 2.43 bits per heavy atom. The van der Waals surface area contributed by atoms with E-state index < -0.39 is 7.12 Å². The summed E-state index contributed by atoms with van der Waals surface area (Å²) in [5, 5.41) is 9.43. The molecule has 0 fully saturated rings. The summed E-state index contributed by atoms with van der Waals surface area (Å²) < 4.78 is 5.77. The Morgan fingerprint density at radius 3 is 3.14 bits per heavy atom. The predicted molar refractivity (Wildman–Crippen MR) is 66.0 cm³/mol. The summed E-state index contributed by atoms with van der Waals surface area (Å²) in [5.41, 5.74) is 3.38. The van der Waals surface area contributed by atoms with E-state index in [0.717, 1.165) is 17.4 Å². The van der Waals surface area contributed by atoms with Crippen molar-refractivity contribution in [2.75, 3.05) is 0 Å². The molecule has 0 saturated carbocycles. The third-order valence-electron chi connectivity index (χ3n) is 2.39. The largest absolute Gasteiger partial charge is 0.491 e. The average molecular weight is 302 g/mol. The van der Waals surface area contributed by atoms with Crippen LogP contribution in [0.2, 0.25) is 0 Å². The van der Waals surface area contributed by atoms with Crippen LogP contribution in [0.4, 0.5) is 0 Å². The molecule has 1 heterocycles. The predicted octanol–water partition coefficient (Wildman–Crippen LogP) is 1.27. The first kappa shape index (κ1) is 10.5. The zero-order chi connectivity index (χ0) is 10.1. The first-order valence-corrected chi connectivity index (χ1v) is 5.97. The molecular formula is C10H12BIO2. The van der Waals surface area contributed by atoms with Crippen LogP contribution in [0.15, 0.2) is 18.2 Å². The van der Waals surface area contributed by atoms with Crippen LogP contribution in [-0.4, -0.2) is 16.1 Å². The van der Waals surface area contributed by atoms with Gasteiger partial charge in [0.1, 0.15) is 0 Å². The van der Waals surface area contributed by atoms with Gasteiger partial charge in [-0.2, -0.15) is 0 Å². The van der Waals surface area contributed by atoms with Crippen LogP contribution < -0.4 is 5.46 Å². The monoisotopic (exact) mass is 302 g/mol. The van der Waals surface area contributed by atoms with Gasteiger partial charge in [0.05, 0.1) is 6.61 Å². The number of hydrogen-bond acceptors (Lipinski definition) is 2. The zero-order valence-electron chi connectivity index (χ0n) is 8.03. The molecule has 1 aliphatic heterocycles. The van der Waals surface area contributed by atoms with Crippen LogP contribution in [0.1, 0.15) is 18.1 Å². The van der Waals surface area contributed by atoms with E-state index in [9.17, 15) is 5.02 Å². The van der Waals surface area contributed by atoms with Crippen molar-refractivity contribution in [1.29, 1.82) is 0 Å². The second-order valence-corrected chi connectivity index (χ2v) is 5.81. The number of rotatable bonds is 2. The minimum Gasteiger partial charge on any atom is -0.423 e. The van der Waals surface area contributed by atoms with Crippen molar-refractivity contribution >= 4 is 35.2 Å². The average Bonchev–Trinajstić information content (AvgIpc) is 2.46. The Labute approximate surface area is 97.9 Å². The Kier molecular flexibility index (Phi) is 3.14. The van der Waals surface area contributed by atoms with E-state index in [1.54, 1.807) is 0 Å². The maximum absolute atomic E-state index is 9.43. The van der Waals surface area contributed by atoms with Gasteiger partial charge in [0, 0.05) is 3.92 Å². The highest BCUT2D eigenvalue weighted by Gasteiger charge is 2.26. The fourth-order valence-corrected chi connectivity index (χ4v) is 2.24. The molecule has 0 amide bonds. The Bertz CT molecular complexity index is 341. The smallest absolute Gasteiger partial charge is 0.423 e. The van der Waals surface area contributed by atoms with Crippen molar-refractivity contribution in [3.63, 3.8) is 0 Å². The van der Waals surface area contributed by atoms with Crippen LogP contribution in [0.3, 0.4) is 0 Å². The van der Waals surface area contributed by atoms with E-state index in [1.165, 1.54) is 5.56 Å². The minimum absolute atomic E-state index is 0.542. The van der Waals surface area contributed by atoms with E-state index in [0.29, 0.717) is 10.5 Å². The van der Waals surface area contributed by atoms with E-state index in [1.807, 2.05) is 6.07 Å². The van der Waals surface area contributed by atoms with Crippen LogP contribution in [0, 0.1) is 0 Å². The lowest BCUT2D eigenvalue weighted by molar-refractivity contribution is 0.275. The molecule has 0 aliphatic carbocycles. The van der Waals surface area contributed by atoms with Gasteiger partial charge in [0.25, 0.3) is 0 Å². The van der Waals surface area contributed by atoms with Crippen LogP contribution in [0.5, 0.6) is 0 Å². The first-order valence-electron chi connectivity index (χ1n) is 4.72. The van der Waals surface area contributed by atoms with E-state index >= 15 is 0 Å². The standard InChI is InChI=1S/C10H12BIO2/c1-7(12)4-8-2-3-10-9(5-8)6-14-11(10)13/h2-3,5,7,13H,4,6H2,1H3. The van der Waals surface area contributed by atoms with Crippen molar-refractivity contribution < 1.29 is 9.68 Å². The molecule has 0 radical (unpaired) electrons. The molecule has 1 aromatic carbocycles. The van der Waals surface area contributed by atoms with Gasteiger partial charge < -0.3 is 9.68 Å². The maximum atomic E-state index is 9.43. The Morgan fingerprint density at radius 1 is 1.64 bits per heavy atom. The van der Waals surface area contributed by atoms with Gasteiger partial charge in [-0.1, -0.05) is 47.7 Å². The summed E-state index contributed by atoms with van der Waals surface area (Å²) in [6, 6.07) is 6.19. The third-order valence-corrected chi connectivity index (χ3v) is 2.83. The summed E-state index contributed by atoms with van der Waals surface area (Å²) in [7, 11) is -0.712. The van der Waals surface area contributed by atoms with Gasteiger partial charge in [0.2, 0.25) is 0 Å². The number of hydrogen-bond donors (Lipinski definition) is 1. The number of fused-ring (bicyclic) bond motifs is 1. The van der Waals surface area contributed by atoms with Crippen molar-refractivity contribution in [3.8, 4) is 0 Å². The SMILES string of the molecule is CC(I)Cc1ccc2c(c1)COB2O. The second kappa shape index (κ2) is 4.20. The van der Waals surface area contributed by atoms with Gasteiger partial charge in [-0.05, 0) is 23.0 Å². The molecule has 0 aromatic heterocycles. The summed E-state index contributed by atoms with van der Waals surface area (Å²) in [6.45, 7) is 2.74. The van der Waals surface area contributed by atoms with Gasteiger partial charge in [-0.25, -0.2) is 0 Å². The molecule has 2 rings (SSSR count). The first-order chi connectivity index (χ1) is 6.66. The van der Waals surface area contributed by atoms with Crippen molar-refractivity contribution in [2.24, 2.45) is 0 Å². The van der Waals surface area contributed by atoms with Crippen molar-refractivity contribution in [2.45, 2.75) is 23.9 Å². The summed E-state index contributed by atoms with van der Waals surface area (Å²) in [6.07, 6.45) is 1.07. The molecule has 1 atom stereocenters. The topological polar surface area (TPSA) is 29.5 Å². The quantitative estimate of drug-likeness (QED) is 0.506. The van der Waals surface area contributed by atoms with E-state index in [-0.39, 0.29) is 0 Å². The van der Waals surface area contributed by atoms with Gasteiger partial charge in [-0.15, -0.1) is 0 Å². The third kappa shape index (κ3) is 2.12. The van der Waals surface area contributed by atoms with Crippen LogP contribution >= 0.6 is 22.6 Å². The van der Waals surface area contributed by atoms with Crippen molar-refractivity contribution in [1.82, 2.24) is 0 Å². The van der Waals surface area contributed by atoms with Crippen LogP contribution in [0.25, 0.3) is 0 Å². The number of halogens is 1. The summed E-state index contributed by atoms with van der Waals surface area (Å²) in [4.78, 5) is 0. The summed E-state index contributed by atoms with van der Waals surface area (Å²) >= 11 is 2.42. The molecule has 1 aromatic rings. The number of alkyl halides is 1. The summed E-state index contributed by atoms with van der Waals surface area (Å²) in [5.74, 6) is 0. The molecule has 1 unspecified atom stereocenters. The minimum atomic E-state index is -0.712. The maximum Gasteiger partial charge on any atom is 0.491 e. The lowest BCUT2D eigenvalue weighted by Crippen LogP contribution is -2.27. The van der Waals surface area contributed by atoms with Gasteiger partial charge in [-0.3, -0.25) is 0 Å². The fourth-order valence-electron chi connectivity index (χ4n) is 1.74. The molecule has 4 heteroatoms.